The molecule has 0 amide bonds. The van der Waals surface area contributed by atoms with E-state index in [1.165, 1.54) is 25.5 Å². The van der Waals surface area contributed by atoms with Crippen LogP contribution in [0.5, 0.6) is 0 Å². The van der Waals surface area contributed by atoms with E-state index < -0.39 is 0 Å². The van der Waals surface area contributed by atoms with Crippen molar-refractivity contribution in [2.75, 3.05) is 0 Å². The van der Waals surface area contributed by atoms with Gasteiger partial charge in [0.1, 0.15) is 0 Å². The van der Waals surface area contributed by atoms with Crippen molar-refractivity contribution >= 4 is 5.97 Å². The van der Waals surface area contributed by atoms with Crippen LogP contribution in [0.2, 0.25) is 0 Å². The molecule has 2 saturated carbocycles. The lowest BCUT2D eigenvalue weighted by Gasteiger charge is -2.18. The Labute approximate surface area is 72.6 Å². The number of hydrogen-bond acceptors (Lipinski definition) is 2. The van der Waals surface area contributed by atoms with E-state index in [4.69, 9.17) is 4.74 Å². The highest BCUT2D eigenvalue weighted by atomic mass is 16.5. The molecule has 0 heterocycles. The van der Waals surface area contributed by atoms with Crippen LogP contribution in [0.1, 0.15) is 25.7 Å². The number of ether oxygens (including phenoxy) is 1. The number of fused-ring (bicyclic) bond motifs is 2. The number of esters is 1. The summed E-state index contributed by atoms with van der Waals surface area (Å²) in [4.78, 5) is 11.3. The minimum atomic E-state index is -0.0581. The van der Waals surface area contributed by atoms with Crippen molar-refractivity contribution in [3.8, 4) is 0 Å². The minimum Gasteiger partial charge on any atom is -0.435 e. The van der Waals surface area contributed by atoms with E-state index in [2.05, 4.69) is 6.58 Å². The number of hydrogen-bond donors (Lipinski definition) is 0. The lowest BCUT2D eigenvalue weighted by molar-refractivity contribution is -0.144. The molecule has 2 bridgehead atoms. The monoisotopic (exact) mass is 166 g/mol. The van der Waals surface area contributed by atoms with Crippen LogP contribution in [-0.4, -0.2) is 5.97 Å². The van der Waals surface area contributed by atoms with Crippen LogP contribution in [0.15, 0.2) is 12.8 Å². The predicted octanol–water partition coefficient (Wildman–Crippen LogP) is 2.11. The van der Waals surface area contributed by atoms with Gasteiger partial charge in [-0.1, -0.05) is 13.0 Å². The molecule has 2 heteroatoms. The van der Waals surface area contributed by atoms with Crippen molar-refractivity contribution in [2.45, 2.75) is 25.7 Å². The fourth-order valence-corrected chi connectivity index (χ4v) is 2.70. The highest BCUT2D eigenvalue weighted by Crippen LogP contribution is 2.48. The second-order valence-corrected chi connectivity index (χ2v) is 3.88. The van der Waals surface area contributed by atoms with Gasteiger partial charge in [-0.25, -0.2) is 0 Å². The summed E-state index contributed by atoms with van der Waals surface area (Å²) in [5.74, 6) is 1.54. The van der Waals surface area contributed by atoms with Crippen LogP contribution in [0.3, 0.4) is 0 Å². The van der Waals surface area contributed by atoms with Crippen LogP contribution < -0.4 is 0 Å². The van der Waals surface area contributed by atoms with Gasteiger partial charge in [0, 0.05) is 0 Å². The Morgan fingerprint density at radius 1 is 1.42 bits per heavy atom. The molecule has 2 fully saturated rings. The molecule has 0 radical (unpaired) electrons. The third-order valence-electron chi connectivity index (χ3n) is 3.24. The predicted molar refractivity (Wildman–Crippen MR) is 45.2 cm³/mol. The summed E-state index contributed by atoms with van der Waals surface area (Å²) in [6.07, 6.45) is 6.09. The molecule has 0 N–H and O–H groups in total. The maximum atomic E-state index is 11.3. The highest BCUT2D eigenvalue weighted by molar-refractivity contribution is 5.74. The summed E-state index contributed by atoms with van der Waals surface area (Å²) in [5, 5.41) is 0. The maximum absolute atomic E-state index is 11.3. The summed E-state index contributed by atoms with van der Waals surface area (Å²) in [5.41, 5.74) is 0. The molecule has 2 aliphatic rings. The lowest BCUT2D eigenvalue weighted by atomic mass is 9.89. The third-order valence-corrected chi connectivity index (χ3v) is 3.24. The van der Waals surface area contributed by atoms with Gasteiger partial charge in [-0.05, 0) is 31.1 Å². The molecule has 3 atom stereocenters. The van der Waals surface area contributed by atoms with E-state index in [0.717, 1.165) is 12.3 Å². The molecule has 2 rings (SSSR count). The molecule has 3 unspecified atom stereocenters. The molecule has 0 aromatic carbocycles. The van der Waals surface area contributed by atoms with Crippen LogP contribution in [-0.2, 0) is 9.53 Å². The molecule has 66 valence electrons. The maximum Gasteiger partial charge on any atom is 0.314 e. The summed E-state index contributed by atoms with van der Waals surface area (Å²) in [6.45, 7) is 3.39. The summed E-state index contributed by atoms with van der Waals surface area (Å²) in [7, 11) is 0. The first kappa shape index (κ1) is 7.84. The molecule has 0 saturated heterocycles. The summed E-state index contributed by atoms with van der Waals surface area (Å²) >= 11 is 0. The Morgan fingerprint density at radius 2 is 2.25 bits per heavy atom. The normalized spacial score (nSPS) is 38.2. The van der Waals surface area contributed by atoms with Crippen LogP contribution in [0.4, 0.5) is 0 Å². The molecule has 0 aromatic heterocycles. The zero-order valence-electron chi connectivity index (χ0n) is 7.16. The van der Waals surface area contributed by atoms with Gasteiger partial charge in [0.05, 0.1) is 12.2 Å². The van der Waals surface area contributed by atoms with E-state index >= 15 is 0 Å². The topological polar surface area (TPSA) is 26.3 Å². The zero-order chi connectivity index (χ0) is 8.55. The fraction of sp³-hybridized carbons (Fsp3) is 0.700. The van der Waals surface area contributed by atoms with Gasteiger partial charge in [-0.3, -0.25) is 4.79 Å². The standard InChI is InChI=1S/C10H14O2/c1-2-12-10(11)9-6-7-3-4-8(9)5-7/h2,7-9H,1,3-6H2. The van der Waals surface area contributed by atoms with E-state index in [-0.39, 0.29) is 11.9 Å². The average Bonchev–Trinajstić information content (AvgIpc) is 2.64. The van der Waals surface area contributed by atoms with Gasteiger partial charge in [0.15, 0.2) is 0 Å². The molecule has 12 heavy (non-hydrogen) atoms. The SMILES string of the molecule is C=COC(=O)C1CC2CCC1C2. The fourth-order valence-electron chi connectivity index (χ4n) is 2.70. The van der Waals surface area contributed by atoms with Crippen molar-refractivity contribution in [3.05, 3.63) is 12.8 Å². The Hall–Kier alpha value is -0.790. The van der Waals surface area contributed by atoms with Gasteiger partial charge >= 0.3 is 5.97 Å². The van der Waals surface area contributed by atoms with Crippen LogP contribution in [0, 0.1) is 17.8 Å². The number of carbonyl (C=O) groups excluding carboxylic acids is 1. The molecular formula is C10H14O2. The lowest BCUT2D eigenvalue weighted by Crippen LogP contribution is -2.21. The quantitative estimate of drug-likeness (QED) is 0.464. The molecule has 0 aliphatic heterocycles. The summed E-state index contributed by atoms with van der Waals surface area (Å²) < 4.78 is 4.80. The Balaban J connectivity index is 1.97. The van der Waals surface area contributed by atoms with Crippen molar-refractivity contribution < 1.29 is 9.53 Å². The highest BCUT2D eigenvalue weighted by Gasteiger charge is 2.43. The van der Waals surface area contributed by atoms with Gasteiger partial charge in [-0.15, -0.1) is 0 Å². The Bertz CT molecular complexity index is 210. The first-order chi connectivity index (χ1) is 5.81. The van der Waals surface area contributed by atoms with Crippen molar-refractivity contribution in [1.82, 2.24) is 0 Å². The summed E-state index contributed by atoms with van der Waals surface area (Å²) in [6, 6.07) is 0. The third kappa shape index (κ3) is 1.15. The number of carbonyl (C=O) groups is 1. The van der Waals surface area contributed by atoms with E-state index in [1.807, 2.05) is 0 Å². The molecule has 0 spiro atoms. The van der Waals surface area contributed by atoms with Gasteiger partial charge in [-0.2, -0.15) is 0 Å². The Morgan fingerprint density at radius 3 is 2.75 bits per heavy atom. The van der Waals surface area contributed by atoms with Crippen molar-refractivity contribution in [2.24, 2.45) is 17.8 Å². The van der Waals surface area contributed by atoms with Crippen molar-refractivity contribution in [1.29, 1.82) is 0 Å². The van der Waals surface area contributed by atoms with Crippen LogP contribution >= 0.6 is 0 Å². The molecule has 2 nitrogen and oxygen atoms in total. The molecular weight excluding hydrogens is 152 g/mol. The molecule has 2 aliphatic carbocycles. The second kappa shape index (κ2) is 2.92. The first-order valence-electron chi connectivity index (χ1n) is 4.62. The van der Waals surface area contributed by atoms with E-state index in [9.17, 15) is 4.79 Å². The van der Waals surface area contributed by atoms with Crippen LogP contribution in [0.25, 0.3) is 0 Å². The molecule has 0 aromatic rings. The Kier molecular flexibility index (Phi) is 1.91. The number of rotatable bonds is 2. The van der Waals surface area contributed by atoms with E-state index in [1.54, 1.807) is 0 Å². The largest absolute Gasteiger partial charge is 0.435 e. The van der Waals surface area contributed by atoms with Gasteiger partial charge in [0.2, 0.25) is 0 Å². The van der Waals surface area contributed by atoms with E-state index in [0.29, 0.717) is 5.92 Å². The smallest absolute Gasteiger partial charge is 0.314 e. The average molecular weight is 166 g/mol. The van der Waals surface area contributed by atoms with Gasteiger partial charge in [0.25, 0.3) is 0 Å². The second-order valence-electron chi connectivity index (χ2n) is 3.88. The minimum absolute atomic E-state index is 0.0581. The van der Waals surface area contributed by atoms with Gasteiger partial charge < -0.3 is 4.74 Å². The first-order valence-corrected chi connectivity index (χ1v) is 4.62. The zero-order valence-corrected chi connectivity index (χ0v) is 7.16. The van der Waals surface area contributed by atoms with Crippen molar-refractivity contribution in [3.63, 3.8) is 0 Å².